The minimum atomic E-state index is 0.408. The van der Waals surface area contributed by atoms with Gasteiger partial charge < -0.3 is 4.90 Å². The first-order valence-corrected chi connectivity index (χ1v) is 6.48. The van der Waals surface area contributed by atoms with Crippen molar-refractivity contribution in [2.45, 2.75) is 47.6 Å². The molecular weight excluding hydrogens is 234 g/mol. The van der Waals surface area contributed by atoms with E-state index in [0.717, 1.165) is 23.5 Å². The number of anilines is 1. The highest BCUT2D eigenvalue weighted by molar-refractivity contribution is 6.30. The molecule has 0 aromatic carbocycles. The van der Waals surface area contributed by atoms with E-state index in [4.69, 9.17) is 11.6 Å². The van der Waals surface area contributed by atoms with Gasteiger partial charge in [0.25, 0.3) is 0 Å². The molecule has 1 aromatic heterocycles. The fourth-order valence-corrected chi connectivity index (χ4v) is 1.95. The predicted octanol–water partition coefficient (Wildman–Crippen LogP) is 3.62. The van der Waals surface area contributed by atoms with E-state index in [1.807, 2.05) is 6.92 Å². The van der Waals surface area contributed by atoms with Gasteiger partial charge in [0.15, 0.2) is 11.0 Å². The Morgan fingerprint density at radius 2 is 1.65 bits per heavy atom. The Bertz CT molecular complexity index is 388. The van der Waals surface area contributed by atoms with Crippen LogP contribution >= 0.6 is 11.6 Å². The standard InChI is InChI=1S/C13H22ClN3/c1-8(2)7-17(9(3)4)13-11(6)10(5)12(14)15-16-13/h8-9H,7H2,1-6H3. The monoisotopic (exact) mass is 255 g/mol. The van der Waals surface area contributed by atoms with Gasteiger partial charge in [-0.25, -0.2) is 0 Å². The van der Waals surface area contributed by atoms with Gasteiger partial charge in [0.1, 0.15) is 0 Å². The van der Waals surface area contributed by atoms with Crippen LogP contribution in [0.5, 0.6) is 0 Å². The van der Waals surface area contributed by atoms with E-state index < -0.39 is 0 Å². The molecule has 1 aromatic rings. The van der Waals surface area contributed by atoms with Gasteiger partial charge in [-0.1, -0.05) is 25.4 Å². The van der Waals surface area contributed by atoms with Crippen LogP contribution in [0.4, 0.5) is 5.82 Å². The van der Waals surface area contributed by atoms with Crippen LogP contribution < -0.4 is 4.90 Å². The smallest absolute Gasteiger partial charge is 0.155 e. The Labute approximate surface area is 109 Å². The first-order valence-electron chi connectivity index (χ1n) is 6.10. The van der Waals surface area contributed by atoms with Gasteiger partial charge in [0.2, 0.25) is 0 Å². The summed E-state index contributed by atoms with van der Waals surface area (Å²) in [5.41, 5.74) is 2.14. The molecule has 0 N–H and O–H groups in total. The fraction of sp³-hybridized carbons (Fsp3) is 0.692. The second-order valence-corrected chi connectivity index (χ2v) is 5.56. The topological polar surface area (TPSA) is 29.0 Å². The average molecular weight is 256 g/mol. The molecule has 0 spiro atoms. The number of nitrogens with zero attached hydrogens (tertiary/aromatic N) is 3. The van der Waals surface area contributed by atoms with Crippen molar-refractivity contribution >= 4 is 17.4 Å². The number of hydrogen-bond acceptors (Lipinski definition) is 3. The zero-order chi connectivity index (χ0) is 13.2. The van der Waals surface area contributed by atoms with E-state index in [9.17, 15) is 0 Å². The zero-order valence-electron chi connectivity index (χ0n) is 11.6. The summed E-state index contributed by atoms with van der Waals surface area (Å²) < 4.78 is 0. The Morgan fingerprint density at radius 1 is 1.06 bits per heavy atom. The van der Waals surface area contributed by atoms with Crippen LogP contribution in [0.25, 0.3) is 0 Å². The SMILES string of the molecule is Cc1c(Cl)nnc(N(CC(C)C)C(C)C)c1C. The molecule has 0 saturated carbocycles. The van der Waals surface area contributed by atoms with Crippen molar-refractivity contribution in [3.63, 3.8) is 0 Å². The van der Waals surface area contributed by atoms with E-state index in [0.29, 0.717) is 17.1 Å². The van der Waals surface area contributed by atoms with Crippen molar-refractivity contribution in [2.24, 2.45) is 5.92 Å². The van der Waals surface area contributed by atoms with Crippen molar-refractivity contribution in [3.05, 3.63) is 16.3 Å². The maximum absolute atomic E-state index is 5.98. The van der Waals surface area contributed by atoms with Crippen LogP contribution in [0.2, 0.25) is 5.15 Å². The third-order valence-electron chi connectivity index (χ3n) is 2.90. The Balaban J connectivity index is 3.15. The Kier molecular flexibility index (Phi) is 4.75. The molecule has 0 unspecified atom stereocenters. The predicted molar refractivity (Wildman–Crippen MR) is 73.8 cm³/mol. The third kappa shape index (κ3) is 3.32. The van der Waals surface area contributed by atoms with Gasteiger partial charge in [-0.05, 0) is 44.7 Å². The number of aromatic nitrogens is 2. The van der Waals surface area contributed by atoms with E-state index in [2.05, 4.69) is 49.7 Å². The molecule has 0 saturated heterocycles. The minimum Gasteiger partial charge on any atom is -0.352 e. The lowest BCUT2D eigenvalue weighted by atomic mass is 10.1. The lowest BCUT2D eigenvalue weighted by Crippen LogP contribution is -2.35. The number of rotatable bonds is 4. The van der Waals surface area contributed by atoms with Gasteiger partial charge >= 0.3 is 0 Å². The first-order chi connectivity index (χ1) is 7.84. The first kappa shape index (κ1) is 14.2. The molecule has 4 heteroatoms. The van der Waals surface area contributed by atoms with Crippen molar-refractivity contribution in [2.75, 3.05) is 11.4 Å². The normalized spacial score (nSPS) is 11.4. The summed E-state index contributed by atoms with van der Waals surface area (Å²) in [5.74, 6) is 1.55. The fourth-order valence-electron chi connectivity index (χ4n) is 1.77. The highest BCUT2D eigenvalue weighted by Crippen LogP contribution is 2.25. The maximum Gasteiger partial charge on any atom is 0.155 e. The summed E-state index contributed by atoms with van der Waals surface area (Å²) in [5, 5.41) is 8.78. The van der Waals surface area contributed by atoms with E-state index in [1.54, 1.807) is 0 Å². The Morgan fingerprint density at radius 3 is 2.12 bits per heavy atom. The lowest BCUT2D eigenvalue weighted by molar-refractivity contribution is 0.562. The number of halogens is 1. The Hall–Kier alpha value is -0.830. The molecule has 0 aliphatic heterocycles. The zero-order valence-corrected chi connectivity index (χ0v) is 12.3. The summed E-state index contributed by atoms with van der Waals surface area (Å²) in [7, 11) is 0. The van der Waals surface area contributed by atoms with Gasteiger partial charge in [-0.3, -0.25) is 0 Å². The molecule has 1 rings (SSSR count). The second kappa shape index (κ2) is 5.67. The minimum absolute atomic E-state index is 0.408. The van der Waals surface area contributed by atoms with Crippen LogP contribution in [0, 0.1) is 19.8 Å². The molecule has 0 aliphatic carbocycles. The molecule has 0 aliphatic rings. The number of hydrogen-bond donors (Lipinski definition) is 0. The summed E-state index contributed by atoms with van der Waals surface area (Å²) >= 11 is 5.98. The van der Waals surface area contributed by atoms with Crippen LogP contribution in [0.15, 0.2) is 0 Å². The third-order valence-corrected chi connectivity index (χ3v) is 3.26. The highest BCUT2D eigenvalue weighted by Gasteiger charge is 2.18. The molecule has 96 valence electrons. The molecule has 0 bridgehead atoms. The van der Waals surface area contributed by atoms with Gasteiger partial charge in [-0.15, -0.1) is 10.2 Å². The van der Waals surface area contributed by atoms with E-state index in [1.165, 1.54) is 0 Å². The molecule has 3 nitrogen and oxygen atoms in total. The van der Waals surface area contributed by atoms with Crippen LogP contribution in [0.3, 0.4) is 0 Å². The molecule has 0 radical (unpaired) electrons. The van der Waals surface area contributed by atoms with Crippen molar-refractivity contribution in [3.8, 4) is 0 Å². The average Bonchev–Trinajstić information content (AvgIpc) is 2.23. The quantitative estimate of drug-likeness (QED) is 0.823. The van der Waals surface area contributed by atoms with E-state index >= 15 is 0 Å². The van der Waals surface area contributed by atoms with Crippen LogP contribution in [-0.4, -0.2) is 22.8 Å². The molecule has 0 amide bonds. The molecule has 17 heavy (non-hydrogen) atoms. The molecule has 0 fully saturated rings. The molecular formula is C13H22ClN3. The van der Waals surface area contributed by atoms with Crippen LogP contribution in [-0.2, 0) is 0 Å². The van der Waals surface area contributed by atoms with Crippen molar-refractivity contribution in [1.29, 1.82) is 0 Å². The summed E-state index contributed by atoms with van der Waals surface area (Å²) in [6.07, 6.45) is 0. The summed E-state index contributed by atoms with van der Waals surface area (Å²) in [4.78, 5) is 2.29. The largest absolute Gasteiger partial charge is 0.352 e. The van der Waals surface area contributed by atoms with Crippen molar-refractivity contribution < 1.29 is 0 Å². The molecule has 1 heterocycles. The van der Waals surface area contributed by atoms with E-state index in [-0.39, 0.29) is 0 Å². The van der Waals surface area contributed by atoms with Gasteiger partial charge in [0, 0.05) is 12.6 Å². The lowest BCUT2D eigenvalue weighted by Gasteiger charge is -2.30. The van der Waals surface area contributed by atoms with Crippen molar-refractivity contribution in [1.82, 2.24) is 10.2 Å². The second-order valence-electron chi connectivity index (χ2n) is 5.20. The summed E-state index contributed by atoms with van der Waals surface area (Å²) in [6.45, 7) is 13.8. The highest BCUT2D eigenvalue weighted by atomic mass is 35.5. The maximum atomic E-state index is 5.98. The van der Waals surface area contributed by atoms with Gasteiger partial charge in [0.05, 0.1) is 0 Å². The van der Waals surface area contributed by atoms with Crippen LogP contribution in [0.1, 0.15) is 38.8 Å². The van der Waals surface area contributed by atoms with Gasteiger partial charge in [-0.2, -0.15) is 0 Å². The molecule has 0 atom stereocenters. The summed E-state index contributed by atoms with van der Waals surface area (Å²) in [6, 6.07) is 0.408.